The zero-order chi connectivity index (χ0) is 15.1. The number of hydrazine groups is 1. The first-order valence-electron chi connectivity index (χ1n) is 5.76. The van der Waals surface area contributed by atoms with Crippen molar-refractivity contribution < 1.29 is 9.72 Å². The summed E-state index contributed by atoms with van der Waals surface area (Å²) in [5.74, 6) is 5.59. The van der Waals surface area contributed by atoms with Crippen LogP contribution in [0.4, 0.5) is 22.1 Å². The number of nitrogen functional groups attached to an aromatic ring is 1. The monoisotopic (exact) mass is 283 g/mol. The van der Waals surface area contributed by atoms with Crippen molar-refractivity contribution in [2.75, 3.05) is 37.9 Å². The first-order chi connectivity index (χ1) is 9.45. The molecule has 0 aliphatic rings. The summed E-state index contributed by atoms with van der Waals surface area (Å²) in [7, 11) is 3.23. The molecule has 1 heterocycles. The average molecular weight is 283 g/mol. The van der Waals surface area contributed by atoms with Crippen LogP contribution in [0.2, 0.25) is 0 Å². The van der Waals surface area contributed by atoms with Crippen LogP contribution in [0.1, 0.15) is 0 Å². The van der Waals surface area contributed by atoms with Gasteiger partial charge in [0.2, 0.25) is 5.82 Å². The van der Waals surface area contributed by atoms with Gasteiger partial charge < -0.3 is 21.0 Å². The molecular formula is C10H17N7O3. The lowest BCUT2D eigenvalue weighted by Gasteiger charge is -2.12. The molecule has 0 atom stereocenters. The Balaban J connectivity index is 2.62. The van der Waals surface area contributed by atoms with E-state index in [1.165, 1.54) is 17.0 Å². The van der Waals surface area contributed by atoms with Gasteiger partial charge in [0.25, 0.3) is 0 Å². The van der Waals surface area contributed by atoms with Crippen molar-refractivity contribution in [1.82, 2.24) is 15.2 Å². The highest BCUT2D eigenvalue weighted by Gasteiger charge is 2.15. The second kappa shape index (κ2) is 7.09. The van der Waals surface area contributed by atoms with Crippen molar-refractivity contribution in [3.05, 3.63) is 22.2 Å². The van der Waals surface area contributed by atoms with Gasteiger partial charge in [0, 0.05) is 33.3 Å². The fourth-order valence-electron chi connectivity index (χ4n) is 1.32. The van der Waals surface area contributed by atoms with Crippen LogP contribution in [0.3, 0.4) is 0 Å². The third kappa shape index (κ3) is 4.24. The number of pyridine rings is 1. The Kier molecular flexibility index (Phi) is 5.47. The maximum Gasteiger partial charge on any atom is 0.316 e. The molecule has 2 amide bonds. The Bertz CT molecular complexity index is 492. The van der Waals surface area contributed by atoms with Crippen molar-refractivity contribution in [3.63, 3.8) is 0 Å². The highest BCUT2D eigenvalue weighted by molar-refractivity contribution is 5.73. The first-order valence-corrected chi connectivity index (χ1v) is 5.76. The van der Waals surface area contributed by atoms with Gasteiger partial charge in [-0.15, -0.1) is 0 Å². The summed E-state index contributed by atoms with van der Waals surface area (Å²) in [5, 5.41) is 16.2. The standard InChI is InChI=1S/C10H17N7O3/c1-16(2)10(18)13-6-5-12-9-7(17(19)20)3-4-8(14-9)15-11/h3-4H,5-6,11H2,1-2H3,(H,13,18)(H2,12,14,15). The van der Waals surface area contributed by atoms with Gasteiger partial charge in [-0.05, 0) is 6.07 Å². The van der Waals surface area contributed by atoms with Gasteiger partial charge in [0.15, 0.2) is 0 Å². The normalized spacial score (nSPS) is 9.75. The molecule has 0 aliphatic carbocycles. The molecule has 110 valence electrons. The summed E-state index contributed by atoms with van der Waals surface area (Å²) in [6.07, 6.45) is 0. The number of nitrogens with zero attached hydrogens (tertiary/aromatic N) is 3. The number of hydrogen-bond donors (Lipinski definition) is 4. The molecule has 0 aliphatic heterocycles. The molecule has 0 radical (unpaired) electrons. The molecule has 1 aromatic heterocycles. The van der Waals surface area contributed by atoms with Gasteiger partial charge in [0.1, 0.15) is 5.82 Å². The average Bonchev–Trinajstić information content (AvgIpc) is 2.42. The number of hydrogen-bond acceptors (Lipinski definition) is 7. The number of aromatic nitrogens is 1. The third-order valence-electron chi connectivity index (χ3n) is 2.32. The maximum atomic E-state index is 11.3. The number of nitrogens with two attached hydrogens (primary N) is 1. The highest BCUT2D eigenvalue weighted by Crippen LogP contribution is 2.23. The quantitative estimate of drug-likeness (QED) is 0.248. The number of amides is 2. The second-order valence-corrected chi connectivity index (χ2v) is 4.02. The van der Waals surface area contributed by atoms with Gasteiger partial charge >= 0.3 is 11.7 Å². The minimum atomic E-state index is -0.548. The van der Waals surface area contributed by atoms with Crippen molar-refractivity contribution in [2.45, 2.75) is 0 Å². The molecule has 0 unspecified atom stereocenters. The lowest BCUT2D eigenvalue weighted by molar-refractivity contribution is -0.384. The molecule has 0 spiro atoms. The molecule has 20 heavy (non-hydrogen) atoms. The summed E-state index contributed by atoms with van der Waals surface area (Å²) in [4.78, 5) is 26.9. The van der Waals surface area contributed by atoms with E-state index in [4.69, 9.17) is 5.84 Å². The van der Waals surface area contributed by atoms with Gasteiger partial charge in [-0.25, -0.2) is 15.6 Å². The molecule has 1 rings (SSSR count). The number of carbonyl (C=O) groups excluding carboxylic acids is 1. The SMILES string of the molecule is CN(C)C(=O)NCCNc1nc(NN)ccc1[N+](=O)[O-]. The topological polar surface area (TPSA) is 138 Å². The molecular weight excluding hydrogens is 266 g/mol. The zero-order valence-corrected chi connectivity index (χ0v) is 11.2. The molecule has 10 heteroatoms. The number of rotatable bonds is 6. The molecule has 0 bridgehead atoms. The van der Waals surface area contributed by atoms with Gasteiger partial charge in [-0.1, -0.05) is 0 Å². The minimum absolute atomic E-state index is 0.0875. The molecule has 0 aromatic carbocycles. The Labute approximate surface area is 115 Å². The number of nitrogens with one attached hydrogen (secondary N) is 3. The Hall–Kier alpha value is -2.62. The number of nitro groups is 1. The van der Waals surface area contributed by atoms with Crippen LogP contribution in [0.25, 0.3) is 0 Å². The third-order valence-corrected chi connectivity index (χ3v) is 2.32. The van der Waals surface area contributed by atoms with Crippen LogP contribution in [0.15, 0.2) is 12.1 Å². The van der Waals surface area contributed by atoms with Gasteiger partial charge in [-0.3, -0.25) is 10.1 Å². The minimum Gasteiger partial charge on any atom is -0.363 e. The summed E-state index contributed by atoms with van der Waals surface area (Å²) < 4.78 is 0. The van der Waals surface area contributed by atoms with Gasteiger partial charge in [0.05, 0.1) is 4.92 Å². The molecule has 0 saturated carbocycles. The van der Waals surface area contributed by atoms with E-state index in [0.29, 0.717) is 18.9 Å². The summed E-state index contributed by atoms with van der Waals surface area (Å²) in [6, 6.07) is 2.45. The van der Waals surface area contributed by atoms with E-state index in [-0.39, 0.29) is 17.5 Å². The number of urea groups is 1. The van der Waals surface area contributed by atoms with E-state index in [1.54, 1.807) is 14.1 Å². The first kappa shape index (κ1) is 15.4. The van der Waals surface area contributed by atoms with Crippen LogP contribution >= 0.6 is 0 Å². The van der Waals surface area contributed by atoms with E-state index < -0.39 is 4.92 Å². The molecule has 0 fully saturated rings. The number of carbonyl (C=O) groups is 1. The summed E-state index contributed by atoms with van der Waals surface area (Å²) >= 11 is 0. The Morgan fingerprint density at radius 2 is 2.15 bits per heavy atom. The Morgan fingerprint density at radius 3 is 2.70 bits per heavy atom. The fourth-order valence-corrected chi connectivity index (χ4v) is 1.32. The van der Waals surface area contributed by atoms with E-state index >= 15 is 0 Å². The molecule has 0 saturated heterocycles. The predicted molar refractivity (Wildman–Crippen MR) is 74.3 cm³/mol. The van der Waals surface area contributed by atoms with Crippen LogP contribution in [-0.2, 0) is 0 Å². The zero-order valence-electron chi connectivity index (χ0n) is 11.2. The summed E-state index contributed by atoms with van der Waals surface area (Å²) in [5.41, 5.74) is 2.14. The molecule has 1 aromatic rings. The van der Waals surface area contributed by atoms with Gasteiger partial charge in [-0.2, -0.15) is 0 Å². The van der Waals surface area contributed by atoms with Crippen LogP contribution in [0, 0.1) is 10.1 Å². The fraction of sp³-hybridized carbons (Fsp3) is 0.400. The van der Waals surface area contributed by atoms with Crippen LogP contribution in [-0.4, -0.2) is 48.0 Å². The number of anilines is 2. The van der Waals surface area contributed by atoms with E-state index in [9.17, 15) is 14.9 Å². The van der Waals surface area contributed by atoms with Crippen molar-refractivity contribution in [1.29, 1.82) is 0 Å². The Morgan fingerprint density at radius 1 is 1.45 bits per heavy atom. The van der Waals surface area contributed by atoms with Crippen molar-refractivity contribution >= 4 is 23.4 Å². The van der Waals surface area contributed by atoms with E-state index in [1.807, 2.05) is 0 Å². The van der Waals surface area contributed by atoms with Crippen molar-refractivity contribution in [3.8, 4) is 0 Å². The maximum absolute atomic E-state index is 11.3. The molecule has 10 nitrogen and oxygen atoms in total. The van der Waals surface area contributed by atoms with Crippen LogP contribution in [0.5, 0.6) is 0 Å². The van der Waals surface area contributed by atoms with E-state index in [2.05, 4.69) is 21.0 Å². The van der Waals surface area contributed by atoms with Crippen molar-refractivity contribution in [2.24, 2.45) is 5.84 Å². The highest BCUT2D eigenvalue weighted by atomic mass is 16.6. The largest absolute Gasteiger partial charge is 0.363 e. The lowest BCUT2D eigenvalue weighted by atomic mass is 10.3. The lowest BCUT2D eigenvalue weighted by Crippen LogP contribution is -2.37. The molecule has 5 N–H and O–H groups in total. The van der Waals surface area contributed by atoms with Crippen LogP contribution < -0.4 is 21.9 Å². The summed E-state index contributed by atoms with van der Waals surface area (Å²) in [6.45, 7) is 0.595. The second-order valence-electron chi connectivity index (χ2n) is 4.02. The van der Waals surface area contributed by atoms with E-state index in [0.717, 1.165) is 0 Å². The predicted octanol–water partition coefficient (Wildman–Crippen LogP) is -0.0415. The smallest absolute Gasteiger partial charge is 0.316 e.